The standard InChI is InChI=1S/C24H20F2N4O2/c1-14(2)24(31)30-12-19(13-30)32-23-20(11-27)28-21(15-3-7-17(25)8-4-15)22(29-23)16-5-9-18(26)10-6-16/h3-10,14,19H,12-13H2,1-2H3. The molecule has 0 bridgehead atoms. The molecule has 2 heterocycles. The third-order valence-corrected chi connectivity index (χ3v) is 5.14. The summed E-state index contributed by atoms with van der Waals surface area (Å²) in [5, 5.41) is 9.64. The van der Waals surface area contributed by atoms with Crippen LogP contribution in [0.5, 0.6) is 5.88 Å². The van der Waals surface area contributed by atoms with E-state index < -0.39 is 11.6 Å². The first kappa shape index (κ1) is 21.4. The van der Waals surface area contributed by atoms with Gasteiger partial charge >= 0.3 is 0 Å². The molecule has 0 N–H and O–H groups in total. The molecule has 0 aliphatic carbocycles. The molecule has 1 aromatic heterocycles. The Morgan fingerprint density at radius 2 is 1.50 bits per heavy atom. The Morgan fingerprint density at radius 3 is 1.97 bits per heavy atom. The van der Waals surface area contributed by atoms with E-state index in [0.29, 0.717) is 35.6 Å². The SMILES string of the molecule is CC(C)C(=O)N1CC(Oc2nc(-c3ccc(F)cc3)c(-c3ccc(F)cc3)nc2C#N)C1. The lowest BCUT2D eigenvalue weighted by Gasteiger charge is -2.39. The molecule has 1 aliphatic heterocycles. The number of amides is 1. The van der Waals surface area contributed by atoms with Crippen molar-refractivity contribution in [3.8, 4) is 34.5 Å². The number of aromatic nitrogens is 2. The van der Waals surface area contributed by atoms with Gasteiger partial charge in [-0.15, -0.1) is 0 Å². The Balaban J connectivity index is 1.71. The minimum absolute atomic E-state index is 0.0242. The molecule has 0 radical (unpaired) electrons. The fraction of sp³-hybridized carbons (Fsp3) is 0.250. The molecule has 0 saturated carbocycles. The zero-order valence-corrected chi connectivity index (χ0v) is 17.5. The van der Waals surface area contributed by atoms with Crippen molar-refractivity contribution < 1.29 is 18.3 Å². The van der Waals surface area contributed by atoms with E-state index in [9.17, 15) is 18.8 Å². The molecule has 0 atom stereocenters. The molecule has 6 nitrogen and oxygen atoms in total. The number of likely N-dealkylation sites (tertiary alicyclic amines) is 1. The second kappa shape index (κ2) is 8.71. The summed E-state index contributed by atoms with van der Waals surface area (Å²) in [6.07, 6.45) is -0.308. The molecule has 2 aromatic carbocycles. The molecule has 162 valence electrons. The van der Waals surface area contributed by atoms with Crippen LogP contribution in [0.3, 0.4) is 0 Å². The largest absolute Gasteiger partial charge is 0.468 e. The Kier molecular flexibility index (Phi) is 5.82. The van der Waals surface area contributed by atoms with Crippen molar-refractivity contribution >= 4 is 5.91 Å². The van der Waals surface area contributed by atoms with Gasteiger partial charge in [0.2, 0.25) is 11.6 Å². The minimum Gasteiger partial charge on any atom is -0.468 e. The van der Waals surface area contributed by atoms with E-state index in [0.717, 1.165) is 0 Å². The average Bonchev–Trinajstić information content (AvgIpc) is 2.76. The number of nitriles is 1. The van der Waals surface area contributed by atoms with Crippen LogP contribution in [0.15, 0.2) is 48.5 Å². The van der Waals surface area contributed by atoms with Gasteiger partial charge in [-0.25, -0.2) is 18.7 Å². The molecule has 0 spiro atoms. The summed E-state index contributed by atoms with van der Waals surface area (Å²) in [5.41, 5.74) is 1.83. The zero-order valence-electron chi connectivity index (χ0n) is 17.5. The Morgan fingerprint density at radius 1 is 1.00 bits per heavy atom. The molecule has 1 aliphatic rings. The van der Waals surface area contributed by atoms with Crippen LogP contribution in [0.25, 0.3) is 22.5 Å². The Bertz CT molecular complexity index is 1180. The monoisotopic (exact) mass is 434 g/mol. The molecule has 8 heteroatoms. The first-order chi connectivity index (χ1) is 15.4. The Labute approximate surface area is 184 Å². The maximum atomic E-state index is 13.5. The lowest BCUT2D eigenvalue weighted by atomic mass is 10.0. The molecule has 1 saturated heterocycles. The number of ether oxygens (including phenoxy) is 1. The number of hydrogen-bond acceptors (Lipinski definition) is 5. The number of nitrogens with zero attached hydrogens (tertiary/aromatic N) is 4. The first-order valence-corrected chi connectivity index (χ1v) is 10.1. The van der Waals surface area contributed by atoms with Crippen LogP contribution in [-0.4, -0.2) is 40.0 Å². The van der Waals surface area contributed by atoms with E-state index in [2.05, 4.69) is 9.97 Å². The lowest BCUT2D eigenvalue weighted by Crippen LogP contribution is -2.57. The number of carbonyl (C=O) groups is 1. The van der Waals surface area contributed by atoms with Crippen LogP contribution in [0, 0.1) is 28.9 Å². The van der Waals surface area contributed by atoms with Crippen molar-refractivity contribution in [1.82, 2.24) is 14.9 Å². The van der Waals surface area contributed by atoms with Crippen LogP contribution < -0.4 is 4.74 Å². The maximum absolute atomic E-state index is 13.5. The second-order valence-electron chi connectivity index (χ2n) is 7.84. The van der Waals surface area contributed by atoms with Crippen LogP contribution in [-0.2, 0) is 4.79 Å². The van der Waals surface area contributed by atoms with Crippen LogP contribution in [0.1, 0.15) is 19.5 Å². The van der Waals surface area contributed by atoms with Crippen LogP contribution in [0.2, 0.25) is 0 Å². The van der Waals surface area contributed by atoms with Gasteiger partial charge in [0.25, 0.3) is 5.88 Å². The summed E-state index contributed by atoms with van der Waals surface area (Å²) >= 11 is 0. The summed E-state index contributed by atoms with van der Waals surface area (Å²) in [6.45, 7) is 4.46. The molecular formula is C24H20F2N4O2. The van der Waals surface area contributed by atoms with Gasteiger partial charge in [0.05, 0.1) is 18.8 Å². The quantitative estimate of drug-likeness (QED) is 0.601. The normalized spacial score (nSPS) is 13.6. The highest BCUT2D eigenvalue weighted by Crippen LogP contribution is 2.33. The van der Waals surface area contributed by atoms with Crippen molar-refractivity contribution in [2.24, 2.45) is 5.92 Å². The van der Waals surface area contributed by atoms with Crippen molar-refractivity contribution in [3.63, 3.8) is 0 Å². The molecule has 4 rings (SSSR count). The number of hydrogen-bond donors (Lipinski definition) is 0. The molecule has 3 aromatic rings. The molecule has 1 amide bonds. The van der Waals surface area contributed by atoms with Crippen LogP contribution >= 0.6 is 0 Å². The summed E-state index contributed by atoms with van der Waals surface area (Å²) < 4.78 is 32.8. The fourth-order valence-corrected chi connectivity index (χ4v) is 3.41. The Hall–Kier alpha value is -3.86. The highest BCUT2D eigenvalue weighted by molar-refractivity contribution is 5.79. The lowest BCUT2D eigenvalue weighted by molar-refractivity contribution is -0.143. The maximum Gasteiger partial charge on any atom is 0.252 e. The van der Waals surface area contributed by atoms with Crippen LogP contribution in [0.4, 0.5) is 8.78 Å². The number of benzene rings is 2. The van der Waals surface area contributed by atoms with Crippen molar-refractivity contribution in [1.29, 1.82) is 5.26 Å². The van der Waals surface area contributed by atoms with E-state index >= 15 is 0 Å². The van der Waals surface area contributed by atoms with Crippen molar-refractivity contribution in [2.45, 2.75) is 20.0 Å². The van der Waals surface area contributed by atoms with E-state index in [-0.39, 0.29) is 29.5 Å². The zero-order chi connectivity index (χ0) is 22.8. The third kappa shape index (κ3) is 4.28. The van der Waals surface area contributed by atoms with Gasteiger partial charge in [0, 0.05) is 17.0 Å². The predicted molar refractivity (Wildman–Crippen MR) is 113 cm³/mol. The van der Waals surface area contributed by atoms with Gasteiger partial charge < -0.3 is 9.64 Å². The summed E-state index contributed by atoms with van der Waals surface area (Å²) in [6, 6.07) is 13.3. The second-order valence-corrected chi connectivity index (χ2v) is 7.84. The van der Waals surface area contributed by atoms with Gasteiger partial charge in [0.15, 0.2) is 0 Å². The van der Waals surface area contributed by atoms with Gasteiger partial charge in [-0.2, -0.15) is 5.26 Å². The van der Waals surface area contributed by atoms with Crippen molar-refractivity contribution in [2.75, 3.05) is 13.1 Å². The highest BCUT2D eigenvalue weighted by Gasteiger charge is 2.34. The van der Waals surface area contributed by atoms with E-state index in [1.165, 1.54) is 36.4 Å². The fourth-order valence-electron chi connectivity index (χ4n) is 3.41. The van der Waals surface area contributed by atoms with Gasteiger partial charge in [-0.05, 0) is 48.5 Å². The summed E-state index contributed by atoms with van der Waals surface area (Å²) in [7, 11) is 0. The highest BCUT2D eigenvalue weighted by atomic mass is 19.1. The molecule has 32 heavy (non-hydrogen) atoms. The van der Waals surface area contributed by atoms with Crippen molar-refractivity contribution in [3.05, 3.63) is 65.9 Å². The minimum atomic E-state index is -0.406. The number of rotatable bonds is 5. The number of halogens is 2. The van der Waals surface area contributed by atoms with Gasteiger partial charge in [-0.1, -0.05) is 13.8 Å². The first-order valence-electron chi connectivity index (χ1n) is 10.1. The molecular weight excluding hydrogens is 414 g/mol. The van der Waals surface area contributed by atoms with E-state index in [1.807, 2.05) is 19.9 Å². The molecule has 0 unspecified atom stereocenters. The van der Waals surface area contributed by atoms with E-state index in [4.69, 9.17) is 4.74 Å². The number of carbonyl (C=O) groups excluding carboxylic acids is 1. The third-order valence-electron chi connectivity index (χ3n) is 5.14. The predicted octanol–water partition coefficient (Wildman–Crippen LogP) is 4.21. The smallest absolute Gasteiger partial charge is 0.252 e. The topological polar surface area (TPSA) is 79.1 Å². The summed E-state index contributed by atoms with van der Waals surface area (Å²) in [5.74, 6) is -0.838. The molecule has 1 fully saturated rings. The van der Waals surface area contributed by atoms with Gasteiger partial charge in [-0.3, -0.25) is 4.79 Å². The van der Waals surface area contributed by atoms with E-state index in [1.54, 1.807) is 17.0 Å². The van der Waals surface area contributed by atoms with Gasteiger partial charge in [0.1, 0.15) is 29.5 Å². The summed E-state index contributed by atoms with van der Waals surface area (Å²) in [4.78, 5) is 22.7. The average molecular weight is 434 g/mol.